The highest BCUT2D eigenvalue weighted by Gasteiger charge is 2.46. The SMILES string of the molecule is CC1C/C=C/C(O)C2CC(C)C2CN2CC3(CCCc4cc(Cl)ccc43)COc3ccc(cc32)C(=O)NSC1C.CCCOC. The molecule has 7 atom stereocenters. The van der Waals surface area contributed by atoms with Gasteiger partial charge in [0.25, 0.3) is 5.91 Å². The van der Waals surface area contributed by atoms with E-state index in [4.69, 9.17) is 21.1 Å². The predicted octanol–water partition coefficient (Wildman–Crippen LogP) is 7.85. The fraction of sp³-hybridized carbons (Fsp3) is 0.595. The van der Waals surface area contributed by atoms with Gasteiger partial charge in [-0.2, -0.15) is 0 Å². The van der Waals surface area contributed by atoms with Crippen LogP contribution in [0.4, 0.5) is 5.69 Å². The predicted molar refractivity (Wildman–Crippen MR) is 187 cm³/mol. The Kier molecular flexibility index (Phi) is 11.5. The minimum atomic E-state index is -0.440. The minimum Gasteiger partial charge on any atom is -0.490 e. The third-order valence-corrected chi connectivity index (χ3v) is 11.9. The summed E-state index contributed by atoms with van der Waals surface area (Å²) < 4.78 is 14.4. The van der Waals surface area contributed by atoms with Crippen LogP contribution in [0, 0.1) is 23.7 Å². The first-order chi connectivity index (χ1) is 21.7. The van der Waals surface area contributed by atoms with Crippen molar-refractivity contribution in [3.05, 3.63) is 70.3 Å². The number of nitrogens with one attached hydrogen (secondary N) is 1. The van der Waals surface area contributed by atoms with E-state index in [0.29, 0.717) is 29.9 Å². The van der Waals surface area contributed by atoms with Crippen LogP contribution in [0.1, 0.15) is 81.3 Å². The largest absolute Gasteiger partial charge is 0.490 e. The van der Waals surface area contributed by atoms with Crippen LogP contribution in [-0.4, -0.2) is 55.8 Å². The monoisotopic (exact) mass is 654 g/mol. The first-order valence-corrected chi connectivity index (χ1v) is 18.0. The second-order valence-corrected chi connectivity index (χ2v) is 15.3. The number of anilines is 1. The van der Waals surface area contributed by atoms with Gasteiger partial charge in [0.1, 0.15) is 5.75 Å². The maximum atomic E-state index is 13.3. The number of aliphatic hydroxyl groups excluding tert-OH is 1. The van der Waals surface area contributed by atoms with Crippen LogP contribution in [0.3, 0.4) is 0 Å². The number of rotatable bonds is 2. The zero-order valence-corrected chi connectivity index (χ0v) is 29.1. The number of methoxy groups -OCH3 is 1. The molecular weight excluding hydrogens is 604 g/mol. The molecule has 0 aromatic heterocycles. The summed E-state index contributed by atoms with van der Waals surface area (Å²) in [5.41, 5.74) is 4.12. The van der Waals surface area contributed by atoms with Crippen LogP contribution in [0.5, 0.6) is 5.75 Å². The molecule has 7 unspecified atom stereocenters. The number of benzene rings is 2. The number of nitrogens with zero attached hydrogens (tertiary/aromatic N) is 1. The summed E-state index contributed by atoms with van der Waals surface area (Å²) >= 11 is 7.89. The summed E-state index contributed by atoms with van der Waals surface area (Å²) in [4.78, 5) is 15.8. The Morgan fingerprint density at radius 1 is 1.16 bits per heavy atom. The maximum absolute atomic E-state index is 13.3. The van der Waals surface area contributed by atoms with Gasteiger partial charge in [-0.1, -0.05) is 57.5 Å². The number of hydrogen-bond donors (Lipinski definition) is 2. The van der Waals surface area contributed by atoms with Crippen LogP contribution in [-0.2, 0) is 16.6 Å². The van der Waals surface area contributed by atoms with Gasteiger partial charge in [-0.05, 0) is 116 Å². The molecular formula is C37H51ClN2O4S. The summed E-state index contributed by atoms with van der Waals surface area (Å²) in [6.07, 6.45) is 9.91. The van der Waals surface area contributed by atoms with E-state index in [2.05, 4.69) is 55.5 Å². The van der Waals surface area contributed by atoms with Gasteiger partial charge in [0.15, 0.2) is 0 Å². The number of allylic oxidation sites excluding steroid dienone is 1. The second-order valence-electron chi connectivity index (χ2n) is 13.7. The zero-order valence-electron chi connectivity index (χ0n) is 27.6. The van der Waals surface area contributed by atoms with E-state index in [1.165, 1.54) is 23.1 Å². The molecule has 1 saturated carbocycles. The highest BCUT2D eigenvalue weighted by atomic mass is 35.5. The van der Waals surface area contributed by atoms with Gasteiger partial charge < -0.3 is 19.5 Å². The lowest BCUT2D eigenvalue weighted by Gasteiger charge is -2.49. The lowest BCUT2D eigenvalue weighted by atomic mass is 9.62. The molecule has 45 heavy (non-hydrogen) atoms. The van der Waals surface area contributed by atoms with Crippen molar-refractivity contribution in [2.24, 2.45) is 23.7 Å². The summed E-state index contributed by atoms with van der Waals surface area (Å²) in [5.74, 6) is 2.24. The number of aryl methyl sites for hydroxylation is 1. The Labute approximate surface area is 279 Å². The molecule has 2 aliphatic heterocycles. The Bertz CT molecular complexity index is 1350. The van der Waals surface area contributed by atoms with Crippen molar-refractivity contribution < 1.29 is 19.4 Å². The quantitative estimate of drug-likeness (QED) is 0.254. The van der Waals surface area contributed by atoms with Gasteiger partial charge >= 0.3 is 0 Å². The third kappa shape index (κ3) is 7.69. The normalized spacial score (nSPS) is 32.0. The van der Waals surface area contributed by atoms with Crippen molar-refractivity contribution in [2.75, 3.05) is 38.3 Å². The van der Waals surface area contributed by atoms with Crippen molar-refractivity contribution >= 4 is 35.1 Å². The number of hydrogen-bond acceptors (Lipinski definition) is 6. The van der Waals surface area contributed by atoms with Crippen LogP contribution >= 0.6 is 23.5 Å². The van der Waals surface area contributed by atoms with Gasteiger partial charge in [-0.15, -0.1) is 0 Å². The van der Waals surface area contributed by atoms with Crippen LogP contribution < -0.4 is 14.4 Å². The molecule has 246 valence electrons. The molecule has 2 N–H and O–H groups in total. The number of ether oxygens (including phenoxy) is 2. The van der Waals surface area contributed by atoms with Crippen molar-refractivity contribution in [2.45, 2.75) is 83.0 Å². The minimum absolute atomic E-state index is 0.0728. The number of carbonyl (C=O) groups excluding carboxylic acids is 1. The molecule has 2 aromatic rings. The molecule has 2 bridgehead atoms. The number of aliphatic hydroxyl groups is 1. The van der Waals surface area contributed by atoms with E-state index in [1.807, 2.05) is 30.3 Å². The number of carbonyl (C=O) groups is 1. The summed E-state index contributed by atoms with van der Waals surface area (Å²) in [6, 6.07) is 12.2. The van der Waals surface area contributed by atoms with E-state index >= 15 is 0 Å². The lowest BCUT2D eigenvalue weighted by molar-refractivity contribution is -0.000379. The smallest absolute Gasteiger partial charge is 0.261 e. The van der Waals surface area contributed by atoms with Crippen LogP contribution in [0.2, 0.25) is 5.02 Å². The van der Waals surface area contributed by atoms with E-state index in [9.17, 15) is 9.90 Å². The molecule has 4 aliphatic rings. The van der Waals surface area contributed by atoms with Gasteiger partial charge in [-0.3, -0.25) is 9.52 Å². The Hall–Kier alpha value is -2.19. The van der Waals surface area contributed by atoms with Crippen molar-refractivity contribution in [1.29, 1.82) is 0 Å². The van der Waals surface area contributed by atoms with Crippen LogP contribution in [0.25, 0.3) is 0 Å². The van der Waals surface area contributed by atoms with Crippen molar-refractivity contribution in [3.63, 3.8) is 0 Å². The molecule has 6 rings (SSSR count). The number of amides is 1. The second kappa shape index (κ2) is 15.1. The first kappa shape index (κ1) is 34.2. The fourth-order valence-electron chi connectivity index (χ4n) is 7.52. The Morgan fingerprint density at radius 3 is 2.71 bits per heavy atom. The number of fused-ring (bicyclic) bond motifs is 4. The van der Waals surface area contributed by atoms with Crippen molar-refractivity contribution in [3.8, 4) is 5.75 Å². The topological polar surface area (TPSA) is 71.0 Å². The van der Waals surface area contributed by atoms with Crippen molar-refractivity contribution in [1.82, 2.24) is 4.72 Å². The van der Waals surface area contributed by atoms with Gasteiger partial charge in [0.2, 0.25) is 0 Å². The summed E-state index contributed by atoms with van der Waals surface area (Å²) in [6.45, 7) is 11.9. The lowest BCUT2D eigenvalue weighted by Crippen LogP contribution is -2.52. The zero-order chi connectivity index (χ0) is 32.1. The van der Waals surface area contributed by atoms with E-state index in [0.717, 1.165) is 74.7 Å². The molecule has 1 amide bonds. The van der Waals surface area contributed by atoms with Gasteiger partial charge in [0, 0.05) is 48.1 Å². The first-order valence-electron chi connectivity index (χ1n) is 16.8. The Morgan fingerprint density at radius 2 is 1.98 bits per heavy atom. The highest BCUT2D eigenvalue weighted by molar-refractivity contribution is 7.98. The molecule has 6 nitrogen and oxygen atoms in total. The number of halogens is 1. The highest BCUT2D eigenvalue weighted by Crippen LogP contribution is 2.48. The van der Waals surface area contributed by atoms with Gasteiger partial charge in [0.05, 0.1) is 18.4 Å². The van der Waals surface area contributed by atoms with E-state index in [-0.39, 0.29) is 22.5 Å². The molecule has 2 aliphatic carbocycles. The molecule has 1 fully saturated rings. The average Bonchev–Trinajstić information content (AvgIpc) is 3.18. The molecule has 2 heterocycles. The van der Waals surface area contributed by atoms with E-state index < -0.39 is 6.10 Å². The third-order valence-electron chi connectivity index (χ3n) is 10.5. The van der Waals surface area contributed by atoms with E-state index in [1.54, 1.807) is 7.11 Å². The fourth-order valence-corrected chi connectivity index (χ4v) is 8.46. The Balaban J connectivity index is 0.000000743. The average molecular weight is 655 g/mol. The van der Waals surface area contributed by atoms with Gasteiger partial charge in [-0.25, -0.2) is 0 Å². The summed E-state index contributed by atoms with van der Waals surface area (Å²) in [7, 11) is 1.71. The molecule has 1 spiro atoms. The molecule has 2 aromatic carbocycles. The molecule has 8 heteroatoms. The molecule has 0 radical (unpaired) electrons. The summed E-state index contributed by atoms with van der Waals surface area (Å²) in [5, 5.41) is 12.3. The van der Waals surface area contributed by atoms with Crippen LogP contribution in [0.15, 0.2) is 48.6 Å². The standard InChI is InChI=1S/C33H41ClN2O3S.C4H10O/c1-20-6-4-8-30(37)26-14-21(2)27(26)17-36-18-33(13-5-7-23-15-25(34)10-11-28(23)33)19-39-31-12-9-24(16-29(31)36)32(38)35-40-22(20)3;1-3-4-5-2/h4,8-12,15-16,20-22,26-27,30,37H,5-7,13-14,17-19H2,1-3H3,(H,35,38);3-4H2,1-2H3/b8-4+;. The molecule has 0 saturated heterocycles. The maximum Gasteiger partial charge on any atom is 0.261 e.